The third-order valence-corrected chi connectivity index (χ3v) is 6.96. The summed E-state index contributed by atoms with van der Waals surface area (Å²) in [4.78, 5) is 16.8. The Morgan fingerprint density at radius 2 is 1.97 bits per heavy atom. The van der Waals surface area contributed by atoms with Gasteiger partial charge in [0.25, 0.3) is 0 Å². The second-order valence-corrected chi connectivity index (χ2v) is 9.47. The number of morpholine rings is 1. The van der Waals surface area contributed by atoms with Crippen LogP contribution in [0.5, 0.6) is 0 Å². The Labute approximate surface area is 187 Å². The number of aromatic nitrogens is 5. The highest BCUT2D eigenvalue weighted by atomic mass is 16.5. The Hall–Kier alpha value is -3.05. The highest BCUT2D eigenvalue weighted by Gasteiger charge is 2.32. The van der Waals surface area contributed by atoms with Crippen molar-refractivity contribution in [3.8, 4) is 6.07 Å². The van der Waals surface area contributed by atoms with Crippen LogP contribution in [0.2, 0.25) is 0 Å². The zero-order chi connectivity index (χ0) is 21.8. The van der Waals surface area contributed by atoms with E-state index >= 15 is 0 Å². The number of rotatable bonds is 4. The molecule has 0 aromatic carbocycles. The fraction of sp³-hybridized carbons (Fsp3) is 0.542. The van der Waals surface area contributed by atoms with Crippen molar-refractivity contribution in [2.75, 3.05) is 18.0 Å². The molecule has 0 amide bonds. The van der Waals surface area contributed by atoms with Crippen molar-refractivity contribution < 1.29 is 4.74 Å². The molecular weight excluding hydrogens is 402 g/mol. The molecule has 32 heavy (non-hydrogen) atoms. The summed E-state index contributed by atoms with van der Waals surface area (Å²) in [5.74, 6) is 1.13. The fourth-order valence-electron chi connectivity index (χ4n) is 4.76. The Morgan fingerprint density at radius 1 is 1.12 bits per heavy atom. The number of pyridine rings is 1. The molecule has 0 radical (unpaired) electrons. The number of ether oxygens (including phenoxy) is 1. The van der Waals surface area contributed by atoms with E-state index in [9.17, 15) is 5.26 Å². The molecule has 1 aliphatic heterocycles. The average Bonchev–Trinajstić information content (AvgIpc) is 3.48. The first kappa shape index (κ1) is 19.6. The Balaban J connectivity index is 1.37. The van der Waals surface area contributed by atoms with Gasteiger partial charge in [0.15, 0.2) is 5.65 Å². The highest BCUT2D eigenvalue weighted by Crippen LogP contribution is 2.40. The maximum Gasteiger partial charge on any atom is 0.227 e. The van der Waals surface area contributed by atoms with Crippen molar-refractivity contribution in [2.45, 2.75) is 70.1 Å². The summed E-state index contributed by atoms with van der Waals surface area (Å²) in [6.07, 6.45) is 9.97. The Morgan fingerprint density at radius 3 is 2.69 bits per heavy atom. The monoisotopic (exact) mass is 429 g/mol. The van der Waals surface area contributed by atoms with Gasteiger partial charge in [-0.1, -0.05) is 6.42 Å². The van der Waals surface area contributed by atoms with Crippen LogP contribution in [0.3, 0.4) is 0 Å². The SMILES string of the molecule is Cc1nc2nc(N3CC(C)OC(c4cnn(C5CC5)c4)C3)nc(C3CCC3)c2cc1C#N. The lowest BCUT2D eigenvalue weighted by Gasteiger charge is -2.37. The molecule has 2 atom stereocenters. The summed E-state index contributed by atoms with van der Waals surface area (Å²) in [6.45, 7) is 5.39. The molecule has 8 nitrogen and oxygen atoms in total. The normalized spacial score (nSPS) is 23.8. The first-order chi connectivity index (χ1) is 15.6. The summed E-state index contributed by atoms with van der Waals surface area (Å²) in [5.41, 5.74) is 4.15. The molecular formula is C24H27N7O. The summed E-state index contributed by atoms with van der Waals surface area (Å²) < 4.78 is 8.35. The van der Waals surface area contributed by atoms with Crippen LogP contribution in [0.25, 0.3) is 11.0 Å². The molecule has 3 aliphatic rings. The average molecular weight is 430 g/mol. The van der Waals surface area contributed by atoms with Gasteiger partial charge in [0.05, 0.1) is 41.8 Å². The molecule has 6 rings (SSSR count). The summed E-state index contributed by atoms with van der Waals surface area (Å²) >= 11 is 0. The number of aryl methyl sites for hydroxylation is 1. The van der Waals surface area contributed by atoms with Crippen LogP contribution >= 0.6 is 0 Å². The van der Waals surface area contributed by atoms with Gasteiger partial charge >= 0.3 is 0 Å². The first-order valence-corrected chi connectivity index (χ1v) is 11.6. The molecule has 0 spiro atoms. The number of fused-ring (bicyclic) bond motifs is 1. The molecule has 2 saturated carbocycles. The van der Waals surface area contributed by atoms with E-state index in [0.29, 0.717) is 41.4 Å². The minimum Gasteiger partial charge on any atom is -0.367 e. The minimum atomic E-state index is -0.0617. The highest BCUT2D eigenvalue weighted by molar-refractivity contribution is 5.81. The lowest BCUT2D eigenvalue weighted by Crippen LogP contribution is -2.43. The van der Waals surface area contributed by atoms with E-state index in [0.717, 1.165) is 36.0 Å². The predicted octanol–water partition coefficient (Wildman–Crippen LogP) is 3.97. The van der Waals surface area contributed by atoms with Crippen molar-refractivity contribution in [3.05, 3.63) is 41.0 Å². The molecule has 3 aromatic heterocycles. The number of hydrogen-bond donors (Lipinski definition) is 0. The van der Waals surface area contributed by atoms with Gasteiger partial charge < -0.3 is 9.64 Å². The minimum absolute atomic E-state index is 0.0557. The predicted molar refractivity (Wildman–Crippen MR) is 119 cm³/mol. The zero-order valence-electron chi connectivity index (χ0n) is 18.5. The van der Waals surface area contributed by atoms with Gasteiger partial charge in [0.1, 0.15) is 12.2 Å². The Bertz CT molecular complexity index is 1220. The van der Waals surface area contributed by atoms with Gasteiger partial charge in [0, 0.05) is 29.6 Å². The molecule has 0 bridgehead atoms. The molecule has 3 aromatic rings. The van der Waals surface area contributed by atoms with Crippen LogP contribution in [-0.4, -0.2) is 43.9 Å². The smallest absolute Gasteiger partial charge is 0.227 e. The number of nitriles is 1. The van der Waals surface area contributed by atoms with E-state index in [-0.39, 0.29) is 12.2 Å². The van der Waals surface area contributed by atoms with Crippen LogP contribution in [0.4, 0.5) is 5.95 Å². The van der Waals surface area contributed by atoms with Crippen molar-refractivity contribution >= 4 is 17.0 Å². The van der Waals surface area contributed by atoms with E-state index in [2.05, 4.69) is 38.9 Å². The molecule has 3 fully saturated rings. The fourth-order valence-corrected chi connectivity index (χ4v) is 4.76. The molecule has 0 N–H and O–H groups in total. The summed E-state index contributed by atoms with van der Waals surface area (Å²) in [7, 11) is 0. The summed E-state index contributed by atoms with van der Waals surface area (Å²) in [5, 5.41) is 15.0. The molecule has 164 valence electrons. The lowest BCUT2D eigenvalue weighted by molar-refractivity contribution is -0.0179. The van der Waals surface area contributed by atoms with Crippen molar-refractivity contribution in [3.63, 3.8) is 0 Å². The van der Waals surface area contributed by atoms with E-state index in [4.69, 9.17) is 14.7 Å². The van der Waals surface area contributed by atoms with E-state index in [1.807, 2.05) is 19.2 Å². The van der Waals surface area contributed by atoms with Crippen LogP contribution in [-0.2, 0) is 4.74 Å². The number of hydrogen-bond acceptors (Lipinski definition) is 7. The third-order valence-electron chi connectivity index (χ3n) is 6.96. The van der Waals surface area contributed by atoms with Gasteiger partial charge in [-0.05, 0) is 45.6 Å². The standard InChI is InChI=1S/C24H27N7O/c1-14-11-30(13-21(32-14)18-10-26-31(12-18)19-6-7-19)24-28-22(16-4-3-5-16)20-8-17(9-25)15(2)27-23(20)29-24/h8,10,12,14,16,19,21H,3-7,11,13H2,1-2H3. The van der Waals surface area contributed by atoms with Gasteiger partial charge in [-0.3, -0.25) is 4.68 Å². The van der Waals surface area contributed by atoms with Gasteiger partial charge in [0.2, 0.25) is 5.95 Å². The maximum atomic E-state index is 9.48. The number of nitrogens with zero attached hydrogens (tertiary/aromatic N) is 7. The van der Waals surface area contributed by atoms with Crippen LogP contribution in [0, 0.1) is 18.3 Å². The second-order valence-electron chi connectivity index (χ2n) is 9.47. The lowest BCUT2D eigenvalue weighted by atomic mass is 9.81. The van der Waals surface area contributed by atoms with Gasteiger partial charge in [-0.25, -0.2) is 9.97 Å². The van der Waals surface area contributed by atoms with E-state index < -0.39 is 0 Å². The van der Waals surface area contributed by atoms with Crippen LogP contribution < -0.4 is 4.90 Å². The van der Waals surface area contributed by atoms with E-state index in [1.54, 1.807) is 0 Å². The quantitative estimate of drug-likeness (QED) is 0.619. The zero-order valence-corrected chi connectivity index (χ0v) is 18.5. The van der Waals surface area contributed by atoms with Crippen LogP contribution in [0.15, 0.2) is 18.5 Å². The van der Waals surface area contributed by atoms with Gasteiger partial charge in [-0.2, -0.15) is 15.3 Å². The van der Waals surface area contributed by atoms with Gasteiger partial charge in [-0.15, -0.1) is 0 Å². The first-order valence-electron chi connectivity index (χ1n) is 11.6. The van der Waals surface area contributed by atoms with E-state index in [1.165, 1.54) is 19.3 Å². The maximum absolute atomic E-state index is 9.48. The Kier molecular flexibility index (Phi) is 4.61. The second kappa shape index (κ2) is 7.52. The largest absolute Gasteiger partial charge is 0.367 e. The summed E-state index contributed by atoms with van der Waals surface area (Å²) in [6, 6.07) is 4.74. The molecule has 8 heteroatoms. The molecule has 4 heterocycles. The molecule has 2 aliphatic carbocycles. The molecule has 2 unspecified atom stereocenters. The third kappa shape index (κ3) is 3.41. The van der Waals surface area contributed by atoms with Crippen LogP contribution in [0.1, 0.15) is 79.6 Å². The topological polar surface area (TPSA) is 92.8 Å². The van der Waals surface area contributed by atoms with Crippen molar-refractivity contribution in [1.29, 1.82) is 5.26 Å². The molecule has 1 saturated heterocycles. The van der Waals surface area contributed by atoms with Crippen molar-refractivity contribution in [2.24, 2.45) is 0 Å². The van der Waals surface area contributed by atoms with Crippen molar-refractivity contribution in [1.82, 2.24) is 24.7 Å². The number of anilines is 1.